The normalized spacial score (nSPS) is 12.7. The molecule has 110 valence electrons. The van der Waals surface area contributed by atoms with Gasteiger partial charge in [0, 0.05) is 12.1 Å². The molecule has 0 radical (unpaired) electrons. The Balaban J connectivity index is 3.24. The molecule has 0 heterocycles. The van der Waals surface area contributed by atoms with Gasteiger partial charge in [-0.2, -0.15) is 0 Å². The lowest BCUT2D eigenvalue weighted by Crippen LogP contribution is -2.37. The number of nitro groups is 1. The molecular weight excluding hydrogens is 264 g/mol. The Kier molecular flexibility index (Phi) is 4.67. The van der Waals surface area contributed by atoms with E-state index in [-0.39, 0.29) is 11.4 Å². The summed E-state index contributed by atoms with van der Waals surface area (Å²) in [6, 6.07) is 3.63. The summed E-state index contributed by atoms with van der Waals surface area (Å²) in [5.41, 5.74) is 5.32. The molecule has 0 aliphatic carbocycles. The molecule has 2 N–H and O–H groups in total. The van der Waals surface area contributed by atoms with Gasteiger partial charge >= 0.3 is 11.7 Å². The van der Waals surface area contributed by atoms with Crippen molar-refractivity contribution >= 4 is 11.7 Å². The van der Waals surface area contributed by atoms with Crippen molar-refractivity contribution in [2.24, 2.45) is 11.1 Å². The fourth-order valence-corrected chi connectivity index (χ4v) is 1.85. The van der Waals surface area contributed by atoms with Crippen LogP contribution in [0.5, 0.6) is 5.75 Å². The average molecular weight is 282 g/mol. The van der Waals surface area contributed by atoms with Crippen LogP contribution >= 0.6 is 0 Å². The maximum absolute atomic E-state index is 11.7. The summed E-state index contributed by atoms with van der Waals surface area (Å²) < 4.78 is 9.62. The molecule has 20 heavy (non-hydrogen) atoms. The minimum Gasteiger partial charge on any atom is -0.490 e. The Hall–Kier alpha value is -2.15. The van der Waals surface area contributed by atoms with Gasteiger partial charge in [-0.05, 0) is 25.5 Å². The second kappa shape index (κ2) is 5.87. The molecule has 0 aliphatic rings. The van der Waals surface area contributed by atoms with E-state index in [1.807, 2.05) is 0 Å². The van der Waals surface area contributed by atoms with Crippen LogP contribution in [0.15, 0.2) is 18.2 Å². The maximum Gasteiger partial charge on any atom is 0.313 e. The fraction of sp³-hybridized carbons (Fsp3) is 0.462. The molecule has 0 aromatic heterocycles. The predicted octanol–water partition coefficient (Wildman–Crippen LogP) is 1.80. The molecule has 1 aromatic rings. The number of esters is 1. The molecule has 0 saturated heterocycles. The van der Waals surface area contributed by atoms with Crippen molar-refractivity contribution in [2.45, 2.75) is 19.9 Å². The molecule has 0 amide bonds. The van der Waals surface area contributed by atoms with Crippen molar-refractivity contribution in [3.63, 3.8) is 0 Å². The summed E-state index contributed by atoms with van der Waals surface area (Å²) in [6.45, 7) is 3.25. The summed E-state index contributed by atoms with van der Waals surface area (Å²) in [5.74, 6) is -0.342. The molecule has 7 heteroatoms. The number of hydrogen-bond donors (Lipinski definition) is 1. The van der Waals surface area contributed by atoms with E-state index in [1.54, 1.807) is 19.9 Å². The van der Waals surface area contributed by atoms with Crippen molar-refractivity contribution in [1.29, 1.82) is 0 Å². The molecule has 1 atom stereocenters. The molecule has 1 aromatic carbocycles. The first-order valence-electron chi connectivity index (χ1n) is 5.92. The zero-order chi connectivity index (χ0) is 15.5. The van der Waals surface area contributed by atoms with Crippen LogP contribution in [-0.2, 0) is 9.53 Å². The Morgan fingerprint density at radius 2 is 2.00 bits per heavy atom. The van der Waals surface area contributed by atoms with Crippen LogP contribution < -0.4 is 10.5 Å². The molecule has 0 bridgehead atoms. The summed E-state index contributed by atoms with van der Waals surface area (Å²) >= 11 is 0. The van der Waals surface area contributed by atoms with E-state index in [2.05, 4.69) is 0 Å². The Labute approximate surface area is 116 Å². The molecule has 0 unspecified atom stereocenters. The number of benzene rings is 1. The molecule has 1 rings (SSSR count). The zero-order valence-electron chi connectivity index (χ0n) is 11.9. The van der Waals surface area contributed by atoms with E-state index >= 15 is 0 Å². The third-order valence-corrected chi connectivity index (χ3v) is 3.25. The van der Waals surface area contributed by atoms with Gasteiger partial charge in [0.25, 0.3) is 0 Å². The number of carbonyl (C=O) groups is 1. The molecule has 0 saturated carbocycles. The van der Waals surface area contributed by atoms with E-state index in [1.165, 1.54) is 26.4 Å². The molecule has 0 aliphatic heterocycles. The highest BCUT2D eigenvalue weighted by Gasteiger charge is 2.37. The van der Waals surface area contributed by atoms with Crippen LogP contribution in [0.3, 0.4) is 0 Å². The van der Waals surface area contributed by atoms with Gasteiger partial charge in [0.05, 0.1) is 24.6 Å². The standard InChI is InChI=1S/C13H18N2O5/c1-13(2,12(16)20-4)11(14)8-5-6-10(19-3)9(7-8)15(17)18/h5-7,11H,14H2,1-4H3/t11-/m1/s1. The van der Waals surface area contributed by atoms with Crippen LogP contribution in [0, 0.1) is 15.5 Å². The van der Waals surface area contributed by atoms with E-state index in [4.69, 9.17) is 15.2 Å². The average Bonchev–Trinajstić information content (AvgIpc) is 2.44. The second-order valence-corrected chi connectivity index (χ2v) is 4.88. The first kappa shape index (κ1) is 15.9. The van der Waals surface area contributed by atoms with Crippen molar-refractivity contribution in [3.05, 3.63) is 33.9 Å². The maximum atomic E-state index is 11.7. The van der Waals surface area contributed by atoms with E-state index in [0.29, 0.717) is 5.56 Å². The molecule has 0 spiro atoms. The van der Waals surface area contributed by atoms with Crippen LogP contribution in [-0.4, -0.2) is 25.1 Å². The number of nitro benzene ring substituents is 1. The number of methoxy groups -OCH3 is 2. The van der Waals surface area contributed by atoms with Gasteiger partial charge in [0.1, 0.15) is 0 Å². The van der Waals surface area contributed by atoms with Gasteiger partial charge in [-0.25, -0.2) is 0 Å². The van der Waals surface area contributed by atoms with Crippen molar-refractivity contribution in [2.75, 3.05) is 14.2 Å². The number of nitrogens with two attached hydrogens (primary N) is 1. The lowest BCUT2D eigenvalue weighted by atomic mass is 9.81. The third kappa shape index (κ3) is 2.88. The van der Waals surface area contributed by atoms with E-state index in [9.17, 15) is 14.9 Å². The predicted molar refractivity (Wildman–Crippen MR) is 72.4 cm³/mol. The number of rotatable bonds is 5. The van der Waals surface area contributed by atoms with Crippen LogP contribution in [0.25, 0.3) is 0 Å². The number of nitrogens with zero attached hydrogens (tertiary/aromatic N) is 1. The summed E-state index contributed by atoms with van der Waals surface area (Å²) in [5, 5.41) is 11.0. The minimum atomic E-state index is -1.00. The highest BCUT2D eigenvalue weighted by molar-refractivity contribution is 5.77. The Morgan fingerprint density at radius 1 is 1.40 bits per heavy atom. The highest BCUT2D eigenvalue weighted by atomic mass is 16.6. The van der Waals surface area contributed by atoms with Crippen molar-refractivity contribution in [1.82, 2.24) is 0 Å². The molecular formula is C13H18N2O5. The van der Waals surface area contributed by atoms with Gasteiger partial charge in [-0.1, -0.05) is 6.07 Å². The van der Waals surface area contributed by atoms with Gasteiger partial charge in [-0.3, -0.25) is 14.9 Å². The molecule has 7 nitrogen and oxygen atoms in total. The fourth-order valence-electron chi connectivity index (χ4n) is 1.85. The Morgan fingerprint density at radius 3 is 2.45 bits per heavy atom. The van der Waals surface area contributed by atoms with Gasteiger partial charge in [0.2, 0.25) is 0 Å². The zero-order valence-corrected chi connectivity index (χ0v) is 11.9. The second-order valence-electron chi connectivity index (χ2n) is 4.88. The number of ether oxygens (including phenoxy) is 2. The lowest BCUT2D eigenvalue weighted by Gasteiger charge is -2.28. The number of carbonyl (C=O) groups excluding carboxylic acids is 1. The summed E-state index contributed by atoms with van der Waals surface area (Å²) in [7, 11) is 2.62. The van der Waals surface area contributed by atoms with E-state index < -0.39 is 22.3 Å². The number of hydrogen-bond acceptors (Lipinski definition) is 6. The quantitative estimate of drug-likeness (QED) is 0.501. The highest BCUT2D eigenvalue weighted by Crippen LogP contribution is 2.36. The summed E-state index contributed by atoms with van der Waals surface area (Å²) in [6.07, 6.45) is 0. The largest absolute Gasteiger partial charge is 0.490 e. The minimum absolute atomic E-state index is 0.141. The van der Waals surface area contributed by atoms with Gasteiger partial charge in [-0.15, -0.1) is 0 Å². The van der Waals surface area contributed by atoms with Crippen LogP contribution in [0.2, 0.25) is 0 Å². The van der Waals surface area contributed by atoms with Crippen LogP contribution in [0.1, 0.15) is 25.5 Å². The van der Waals surface area contributed by atoms with Crippen molar-refractivity contribution < 1.29 is 19.2 Å². The van der Waals surface area contributed by atoms with Crippen LogP contribution in [0.4, 0.5) is 5.69 Å². The Bertz CT molecular complexity index is 527. The van der Waals surface area contributed by atoms with Crippen molar-refractivity contribution in [3.8, 4) is 5.75 Å². The SMILES string of the molecule is COC(=O)C(C)(C)[C@H](N)c1ccc(OC)c([N+](=O)[O-])c1. The third-order valence-electron chi connectivity index (χ3n) is 3.25. The first-order valence-corrected chi connectivity index (χ1v) is 5.92. The topological polar surface area (TPSA) is 105 Å². The monoisotopic (exact) mass is 282 g/mol. The van der Waals surface area contributed by atoms with Gasteiger partial charge in [0.15, 0.2) is 5.75 Å². The smallest absolute Gasteiger partial charge is 0.313 e. The molecule has 0 fully saturated rings. The van der Waals surface area contributed by atoms with Gasteiger partial charge < -0.3 is 15.2 Å². The lowest BCUT2D eigenvalue weighted by molar-refractivity contribution is -0.385. The summed E-state index contributed by atoms with van der Waals surface area (Å²) in [4.78, 5) is 22.2. The van der Waals surface area contributed by atoms with E-state index in [0.717, 1.165) is 0 Å². The first-order chi connectivity index (χ1) is 9.25.